The monoisotopic (exact) mass is 463 g/mol. The Bertz CT molecular complexity index is 569. The molecule has 0 aliphatic carbocycles. The van der Waals surface area contributed by atoms with Crippen molar-refractivity contribution in [2.45, 2.75) is 117 Å². The van der Waals surface area contributed by atoms with Crippen LogP contribution >= 0.6 is 24.4 Å². The van der Waals surface area contributed by atoms with Gasteiger partial charge in [-0.3, -0.25) is 0 Å². The summed E-state index contributed by atoms with van der Waals surface area (Å²) < 4.78 is 1.04. The van der Waals surface area contributed by atoms with Gasteiger partial charge in [0.1, 0.15) is 0 Å². The van der Waals surface area contributed by atoms with E-state index in [0.717, 1.165) is 19.0 Å². The normalized spacial score (nSPS) is 10.7. The Morgan fingerprint density at radius 3 is 1.43 bits per heavy atom. The van der Waals surface area contributed by atoms with Crippen LogP contribution in [0.5, 0.6) is 0 Å². The average Bonchev–Trinajstić information content (AvgIpc) is 2.69. The zero-order chi connectivity index (χ0) is 21.2. The van der Waals surface area contributed by atoms with Crippen molar-refractivity contribution in [2.75, 3.05) is 18.0 Å². The molecule has 30 heavy (non-hydrogen) atoms. The first-order chi connectivity index (χ1) is 14.2. The van der Waals surface area contributed by atoms with Gasteiger partial charge in [-0.15, -0.1) is 0 Å². The molecule has 0 amide bonds. The zero-order valence-electron chi connectivity index (χ0n) is 19.9. The molecule has 4 nitrogen and oxygen atoms in total. The average molecular weight is 464 g/mol. The van der Waals surface area contributed by atoms with E-state index in [9.17, 15) is 0 Å². The predicted molar refractivity (Wildman–Crippen MR) is 138 cm³/mol. The second-order valence-electron chi connectivity index (χ2n) is 8.26. The number of hydrogen-bond acceptors (Lipinski definition) is 4. The maximum Gasteiger partial charge on any atom is 0.207 e. The standard InChI is InChI=1S/C23H44N4S2.Na/c1-3-5-7-9-11-13-15-17-19-27(21-24-22(28)26-23(29)25-21)20-18-16-14-12-10-8-6-4-2;/h3-20H2,1-2H3,(H2,24,25,26,28,29);. The Hall–Kier alpha value is 0.250. The third-order valence-corrected chi connectivity index (χ3v) is 5.91. The van der Waals surface area contributed by atoms with E-state index in [-0.39, 0.29) is 29.6 Å². The van der Waals surface area contributed by atoms with Crippen LogP contribution in [-0.2, 0) is 0 Å². The number of aromatic nitrogens is 3. The van der Waals surface area contributed by atoms with Crippen molar-refractivity contribution in [3.05, 3.63) is 9.54 Å². The number of unbranched alkanes of at least 4 members (excludes halogenated alkanes) is 14. The van der Waals surface area contributed by atoms with Crippen LogP contribution in [0.4, 0.5) is 5.95 Å². The second kappa shape index (κ2) is 21.1. The summed E-state index contributed by atoms with van der Waals surface area (Å²) in [6, 6.07) is 0. The van der Waals surface area contributed by atoms with Crippen LogP contribution in [0.1, 0.15) is 117 Å². The molecule has 0 atom stereocenters. The van der Waals surface area contributed by atoms with E-state index in [2.05, 4.69) is 33.7 Å². The van der Waals surface area contributed by atoms with Gasteiger partial charge in [-0.2, -0.15) is 4.98 Å². The van der Waals surface area contributed by atoms with Gasteiger partial charge in [0.2, 0.25) is 10.7 Å². The maximum atomic E-state index is 5.27. The third-order valence-electron chi connectivity index (χ3n) is 5.52. The minimum absolute atomic E-state index is 0. The molecule has 0 aromatic carbocycles. The van der Waals surface area contributed by atoms with Gasteiger partial charge in [0.05, 0.1) is 0 Å². The van der Waals surface area contributed by atoms with Gasteiger partial charge >= 0.3 is 0 Å². The summed E-state index contributed by atoms with van der Waals surface area (Å²) in [5.74, 6) is 0.838. The molecule has 1 rings (SSSR count). The number of hydrogen-bond donors (Lipinski definition) is 2. The smallest absolute Gasteiger partial charge is 0.207 e. The first-order valence-corrected chi connectivity index (χ1v) is 12.9. The Morgan fingerprint density at radius 2 is 1.03 bits per heavy atom. The van der Waals surface area contributed by atoms with Gasteiger partial charge in [0.15, 0.2) is 4.77 Å². The van der Waals surface area contributed by atoms with Crippen LogP contribution in [-0.4, -0.2) is 57.6 Å². The molecule has 0 unspecified atom stereocenters. The zero-order valence-corrected chi connectivity index (χ0v) is 23.6. The Kier molecular flexibility index (Phi) is 21.3. The number of rotatable bonds is 19. The summed E-state index contributed by atoms with van der Waals surface area (Å²) in [4.78, 5) is 13.0. The van der Waals surface area contributed by atoms with Gasteiger partial charge in [0, 0.05) is 42.6 Å². The first kappa shape index (κ1) is 30.2. The third kappa shape index (κ3) is 16.0. The quantitative estimate of drug-likeness (QED) is 0.124. The van der Waals surface area contributed by atoms with Crippen LogP contribution in [0.25, 0.3) is 0 Å². The minimum atomic E-state index is 0. The number of H-pyrrole nitrogens is 2. The van der Waals surface area contributed by atoms with Crippen molar-refractivity contribution in [2.24, 2.45) is 0 Å². The molecule has 0 spiro atoms. The number of aromatic amines is 2. The Morgan fingerprint density at radius 1 is 0.633 bits per heavy atom. The fourth-order valence-electron chi connectivity index (χ4n) is 3.73. The number of nitrogens with one attached hydrogen (secondary N) is 2. The van der Waals surface area contributed by atoms with Crippen molar-refractivity contribution >= 4 is 59.9 Å². The Balaban J connectivity index is 0.00000841. The van der Waals surface area contributed by atoms with E-state index in [1.807, 2.05) is 0 Å². The van der Waals surface area contributed by atoms with Crippen LogP contribution in [0.15, 0.2) is 0 Å². The van der Waals surface area contributed by atoms with Crippen molar-refractivity contribution < 1.29 is 0 Å². The van der Waals surface area contributed by atoms with E-state index in [1.165, 1.54) is 103 Å². The topological polar surface area (TPSA) is 47.7 Å². The van der Waals surface area contributed by atoms with Gasteiger partial charge in [-0.05, 0) is 37.3 Å². The van der Waals surface area contributed by atoms with Crippen LogP contribution in [0, 0.1) is 9.54 Å². The molecule has 0 aliphatic rings. The van der Waals surface area contributed by atoms with E-state index >= 15 is 0 Å². The molecule has 0 aliphatic heterocycles. The van der Waals surface area contributed by atoms with Crippen molar-refractivity contribution in [3.63, 3.8) is 0 Å². The van der Waals surface area contributed by atoms with E-state index < -0.39 is 0 Å². The number of anilines is 1. The van der Waals surface area contributed by atoms with Crippen molar-refractivity contribution in [3.8, 4) is 0 Å². The van der Waals surface area contributed by atoms with Crippen molar-refractivity contribution in [1.29, 1.82) is 0 Å². The molecule has 0 bridgehead atoms. The summed E-state index contributed by atoms with van der Waals surface area (Å²) in [5.41, 5.74) is 0. The number of nitrogens with zero attached hydrogens (tertiary/aromatic N) is 2. The van der Waals surface area contributed by atoms with E-state index in [0.29, 0.717) is 9.54 Å². The van der Waals surface area contributed by atoms with Crippen LogP contribution < -0.4 is 4.90 Å². The molecule has 1 aromatic rings. The summed E-state index contributed by atoms with van der Waals surface area (Å²) >= 11 is 10.5. The predicted octanol–water partition coefficient (Wildman–Crippen LogP) is 7.90. The fraction of sp³-hybridized carbons (Fsp3) is 0.870. The summed E-state index contributed by atoms with van der Waals surface area (Å²) in [6.07, 6.45) is 21.4. The molecule has 0 saturated carbocycles. The summed E-state index contributed by atoms with van der Waals surface area (Å²) in [6.45, 7) is 6.61. The van der Waals surface area contributed by atoms with Crippen LogP contribution in [0.3, 0.4) is 0 Å². The molecule has 1 heterocycles. The fourth-order valence-corrected chi connectivity index (χ4v) is 4.17. The van der Waals surface area contributed by atoms with Gasteiger partial charge in [-0.25, -0.2) is 0 Å². The molecule has 1 aromatic heterocycles. The summed E-state index contributed by atoms with van der Waals surface area (Å²) in [5, 5.41) is 0. The molecular weight excluding hydrogens is 419 g/mol. The molecule has 0 fully saturated rings. The Labute approximate surface area is 217 Å². The van der Waals surface area contributed by atoms with E-state index in [4.69, 9.17) is 24.4 Å². The van der Waals surface area contributed by atoms with Gasteiger partial charge in [0.25, 0.3) is 0 Å². The van der Waals surface area contributed by atoms with Crippen molar-refractivity contribution in [1.82, 2.24) is 15.0 Å². The van der Waals surface area contributed by atoms with Gasteiger partial charge < -0.3 is 14.9 Å². The largest absolute Gasteiger partial charge is 0.342 e. The SMILES string of the molecule is CCCCCCCCCCN(CCCCCCCCCC)c1nc(=S)[nH]c(=S)[nH]1.[Na]. The second-order valence-corrected chi connectivity index (χ2v) is 9.05. The molecule has 0 saturated heterocycles. The molecule has 1 radical (unpaired) electrons. The van der Waals surface area contributed by atoms with Crippen LogP contribution in [0.2, 0.25) is 0 Å². The molecule has 169 valence electrons. The minimum Gasteiger partial charge on any atom is -0.342 e. The van der Waals surface area contributed by atoms with E-state index in [1.54, 1.807) is 0 Å². The molecule has 7 heteroatoms. The molecular formula is C23H44N4NaS2. The maximum absolute atomic E-state index is 5.27. The first-order valence-electron chi connectivity index (χ1n) is 12.1. The molecule has 2 N–H and O–H groups in total. The summed E-state index contributed by atoms with van der Waals surface area (Å²) in [7, 11) is 0. The van der Waals surface area contributed by atoms with Gasteiger partial charge in [-0.1, -0.05) is 104 Å².